The van der Waals surface area contributed by atoms with E-state index in [0.717, 1.165) is 56.4 Å². The molecule has 3 heterocycles. The van der Waals surface area contributed by atoms with Gasteiger partial charge in [-0.15, -0.1) is 22.7 Å². The third-order valence-corrected chi connectivity index (χ3v) is 7.15. The van der Waals surface area contributed by atoms with Gasteiger partial charge in [-0.2, -0.15) is 0 Å². The Balaban J connectivity index is 1.12. The van der Waals surface area contributed by atoms with Crippen LogP contribution >= 0.6 is 22.7 Å². The highest BCUT2D eigenvalue weighted by Crippen LogP contribution is 2.22. The predicted octanol–water partition coefficient (Wildman–Crippen LogP) is 3.46. The van der Waals surface area contributed by atoms with Crippen LogP contribution in [0, 0.1) is 0 Å². The first-order valence-electron chi connectivity index (χ1n) is 10.9. The number of nitrogens with zero attached hydrogens (tertiary/aromatic N) is 4. The number of thiazole rings is 2. The molecule has 33 heavy (non-hydrogen) atoms. The average molecular weight is 484 g/mol. The van der Waals surface area contributed by atoms with Crippen molar-refractivity contribution in [3.8, 4) is 0 Å². The van der Waals surface area contributed by atoms with Crippen molar-refractivity contribution in [1.82, 2.24) is 20.2 Å². The molecule has 0 radical (unpaired) electrons. The minimum absolute atomic E-state index is 0.243. The Kier molecular flexibility index (Phi) is 6.51. The Morgan fingerprint density at radius 2 is 1.94 bits per heavy atom. The second kappa shape index (κ2) is 9.86. The molecule has 1 saturated carbocycles. The highest BCUT2D eigenvalue weighted by molar-refractivity contribution is 7.14. The van der Waals surface area contributed by atoms with Gasteiger partial charge in [0.15, 0.2) is 10.3 Å². The fourth-order valence-electron chi connectivity index (χ4n) is 3.62. The molecule has 11 heteroatoms. The molecule has 3 amide bonds. The second-order valence-electron chi connectivity index (χ2n) is 8.13. The lowest BCUT2D eigenvalue weighted by Crippen LogP contribution is -2.45. The van der Waals surface area contributed by atoms with E-state index >= 15 is 0 Å². The Morgan fingerprint density at radius 1 is 1.09 bits per heavy atom. The molecule has 1 aromatic carbocycles. The van der Waals surface area contributed by atoms with Gasteiger partial charge in [-0.1, -0.05) is 6.07 Å². The number of hydrogen-bond acceptors (Lipinski definition) is 8. The molecule has 1 saturated heterocycles. The number of hydrogen-bond donors (Lipinski definition) is 3. The first-order valence-corrected chi connectivity index (χ1v) is 12.7. The van der Waals surface area contributed by atoms with Crippen molar-refractivity contribution in [2.24, 2.45) is 0 Å². The zero-order valence-corrected chi connectivity index (χ0v) is 19.6. The monoisotopic (exact) mass is 483 g/mol. The van der Waals surface area contributed by atoms with E-state index in [1.807, 2.05) is 17.0 Å². The summed E-state index contributed by atoms with van der Waals surface area (Å²) in [5, 5.41) is 14.2. The van der Waals surface area contributed by atoms with E-state index in [-0.39, 0.29) is 18.0 Å². The van der Waals surface area contributed by atoms with Gasteiger partial charge in [-0.25, -0.2) is 14.8 Å². The molecule has 0 unspecified atom stereocenters. The van der Waals surface area contributed by atoms with Crippen LogP contribution in [0.5, 0.6) is 0 Å². The van der Waals surface area contributed by atoms with E-state index in [2.05, 4.69) is 35.7 Å². The van der Waals surface area contributed by atoms with Crippen LogP contribution in [0.3, 0.4) is 0 Å². The summed E-state index contributed by atoms with van der Waals surface area (Å²) in [6, 6.07) is 6.93. The third-order valence-electron chi connectivity index (χ3n) is 5.52. The zero-order chi connectivity index (χ0) is 22.6. The highest BCUT2D eigenvalue weighted by atomic mass is 32.1. The van der Waals surface area contributed by atoms with Gasteiger partial charge in [0.2, 0.25) is 0 Å². The molecular formula is C22H25N7O2S2. The SMILES string of the molecule is O=C(Nc1cccc(C(=O)Nc2nc(CN3CCN(c4nccs4)CC3)cs2)c1)NC1CC1. The number of urea groups is 1. The molecule has 5 rings (SSSR count). The number of anilines is 3. The molecule has 172 valence electrons. The van der Waals surface area contributed by atoms with Crippen LogP contribution in [0.2, 0.25) is 0 Å². The largest absolute Gasteiger partial charge is 0.346 e. The third kappa shape index (κ3) is 5.86. The summed E-state index contributed by atoms with van der Waals surface area (Å²) in [6.07, 6.45) is 3.89. The van der Waals surface area contributed by atoms with Gasteiger partial charge in [0, 0.05) is 67.0 Å². The summed E-state index contributed by atoms with van der Waals surface area (Å²) in [4.78, 5) is 38.3. The maximum absolute atomic E-state index is 12.7. The molecule has 0 atom stereocenters. The average Bonchev–Trinajstić information content (AvgIpc) is 3.26. The number of benzene rings is 1. The lowest BCUT2D eigenvalue weighted by molar-refractivity contribution is 0.102. The molecule has 2 aliphatic rings. The van der Waals surface area contributed by atoms with Crippen molar-refractivity contribution in [3.63, 3.8) is 0 Å². The number of amides is 3. The number of rotatable bonds is 7. The van der Waals surface area contributed by atoms with Gasteiger partial charge in [0.05, 0.1) is 5.69 Å². The predicted molar refractivity (Wildman–Crippen MR) is 131 cm³/mol. The van der Waals surface area contributed by atoms with Crippen LogP contribution in [0.15, 0.2) is 41.2 Å². The van der Waals surface area contributed by atoms with Gasteiger partial charge in [-0.3, -0.25) is 15.0 Å². The quantitative estimate of drug-likeness (QED) is 0.476. The standard InChI is InChI=1S/C22H25N7O2S2/c30-19(15-2-1-3-17(12-15)25-20(31)24-16-4-5-16)27-21-26-18(14-33-21)13-28-7-9-29(10-8-28)22-23-6-11-32-22/h1-3,6,11-12,14,16H,4-5,7-10,13H2,(H2,24,25,31)(H,26,27,30). The van der Waals surface area contributed by atoms with E-state index in [0.29, 0.717) is 16.4 Å². The number of carbonyl (C=O) groups is 2. The molecule has 3 aromatic rings. The molecule has 2 aromatic heterocycles. The van der Waals surface area contributed by atoms with E-state index in [1.54, 1.807) is 35.6 Å². The minimum Gasteiger partial charge on any atom is -0.346 e. The minimum atomic E-state index is -0.251. The maximum Gasteiger partial charge on any atom is 0.319 e. The first kappa shape index (κ1) is 21.8. The van der Waals surface area contributed by atoms with Crippen molar-refractivity contribution in [1.29, 1.82) is 0 Å². The molecule has 2 fully saturated rings. The smallest absolute Gasteiger partial charge is 0.319 e. The summed E-state index contributed by atoms with van der Waals surface area (Å²) < 4.78 is 0. The number of carbonyl (C=O) groups excluding carboxylic acids is 2. The summed E-state index contributed by atoms with van der Waals surface area (Å²) in [7, 11) is 0. The van der Waals surface area contributed by atoms with Crippen LogP contribution in [0.4, 0.5) is 20.7 Å². The topological polar surface area (TPSA) is 102 Å². The Morgan fingerprint density at radius 3 is 2.70 bits per heavy atom. The number of aromatic nitrogens is 2. The number of nitrogens with one attached hydrogen (secondary N) is 3. The molecule has 1 aliphatic heterocycles. The summed E-state index contributed by atoms with van der Waals surface area (Å²) in [6.45, 7) is 4.56. The van der Waals surface area contributed by atoms with Crippen LogP contribution in [0.25, 0.3) is 0 Å². The molecule has 3 N–H and O–H groups in total. The molecule has 9 nitrogen and oxygen atoms in total. The lowest BCUT2D eigenvalue weighted by atomic mass is 10.2. The molecular weight excluding hydrogens is 458 g/mol. The van der Waals surface area contributed by atoms with Crippen molar-refractivity contribution in [2.75, 3.05) is 41.7 Å². The molecule has 0 bridgehead atoms. The Labute approximate surface area is 199 Å². The van der Waals surface area contributed by atoms with Crippen LogP contribution in [-0.4, -0.2) is 59.0 Å². The second-order valence-corrected chi connectivity index (χ2v) is 9.86. The van der Waals surface area contributed by atoms with Crippen molar-refractivity contribution in [3.05, 3.63) is 52.5 Å². The maximum atomic E-state index is 12.7. The van der Waals surface area contributed by atoms with Crippen LogP contribution < -0.4 is 20.9 Å². The van der Waals surface area contributed by atoms with Gasteiger partial charge >= 0.3 is 6.03 Å². The Bertz CT molecular complexity index is 1110. The van der Waals surface area contributed by atoms with Crippen molar-refractivity contribution in [2.45, 2.75) is 25.4 Å². The van der Waals surface area contributed by atoms with Gasteiger partial charge < -0.3 is 15.5 Å². The van der Waals surface area contributed by atoms with E-state index in [9.17, 15) is 9.59 Å². The first-order chi connectivity index (χ1) is 16.1. The molecule has 0 spiro atoms. The van der Waals surface area contributed by atoms with Gasteiger partial charge in [0.1, 0.15) is 0 Å². The van der Waals surface area contributed by atoms with E-state index in [4.69, 9.17) is 0 Å². The summed E-state index contributed by atoms with van der Waals surface area (Å²) >= 11 is 3.09. The van der Waals surface area contributed by atoms with E-state index in [1.165, 1.54) is 11.3 Å². The zero-order valence-electron chi connectivity index (χ0n) is 18.0. The highest BCUT2D eigenvalue weighted by Gasteiger charge is 2.23. The normalized spacial score (nSPS) is 16.4. The number of piperazine rings is 1. The van der Waals surface area contributed by atoms with Crippen LogP contribution in [0.1, 0.15) is 28.9 Å². The summed E-state index contributed by atoms with van der Waals surface area (Å²) in [5.41, 5.74) is 2.00. The van der Waals surface area contributed by atoms with Crippen molar-refractivity contribution < 1.29 is 9.59 Å². The van der Waals surface area contributed by atoms with Gasteiger partial charge in [0.25, 0.3) is 5.91 Å². The fourth-order valence-corrected chi connectivity index (χ4v) is 5.02. The fraction of sp³-hybridized carbons (Fsp3) is 0.364. The Hall–Kier alpha value is -3.02. The van der Waals surface area contributed by atoms with Gasteiger partial charge in [-0.05, 0) is 31.0 Å². The summed E-state index contributed by atoms with van der Waals surface area (Å²) in [5.74, 6) is -0.251. The van der Waals surface area contributed by atoms with E-state index < -0.39 is 0 Å². The molecule has 1 aliphatic carbocycles. The lowest BCUT2D eigenvalue weighted by Gasteiger charge is -2.34. The van der Waals surface area contributed by atoms with Crippen LogP contribution in [-0.2, 0) is 6.54 Å². The van der Waals surface area contributed by atoms with Crippen molar-refractivity contribution >= 4 is 50.6 Å².